The second-order valence-corrected chi connectivity index (χ2v) is 4.50. The van der Waals surface area contributed by atoms with Crippen LogP contribution in [0.15, 0.2) is 52.2 Å². The lowest BCUT2D eigenvalue weighted by Gasteiger charge is -2.13. The molecule has 1 aromatic carbocycles. The van der Waals surface area contributed by atoms with E-state index in [-0.39, 0.29) is 12.2 Å². The van der Waals surface area contributed by atoms with Crippen molar-refractivity contribution in [2.45, 2.75) is 6.92 Å². The van der Waals surface area contributed by atoms with Crippen molar-refractivity contribution in [3.05, 3.63) is 47.7 Å². The van der Waals surface area contributed by atoms with Crippen LogP contribution < -0.4 is 5.43 Å². The van der Waals surface area contributed by atoms with E-state index in [9.17, 15) is 4.79 Å². The van der Waals surface area contributed by atoms with E-state index in [1.165, 1.54) is 0 Å². The fourth-order valence-electron chi connectivity index (χ4n) is 1.41. The van der Waals surface area contributed by atoms with Crippen molar-refractivity contribution in [2.24, 2.45) is 10.1 Å². The molecule has 0 aliphatic carbocycles. The highest BCUT2D eigenvalue weighted by atomic mass is 16.5. The number of carbonyl (C=O) groups is 1. The van der Waals surface area contributed by atoms with Crippen LogP contribution in [-0.2, 0) is 9.53 Å². The summed E-state index contributed by atoms with van der Waals surface area (Å²) in [6.45, 7) is 1.86. The second-order valence-electron chi connectivity index (χ2n) is 4.50. The van der Waals surface area contributed by atoms with Crippen molar-refractivity contribution in [3.8, 4) is 6.07 Å². The lowest BCUT2D eigenvalue weighted by atomic mass is 10.2. The molecular weight excluding hydrogens is 294 g/mol. The smallest absolute Gasteiger partial charge is 0.350 e. The van der Waals surface area contributed by atoms with Crippen molar-refractivity contribution in [3.63, 3.8) is 0 Å². The van der Waals surface area contributed by atoms with Gasteiger partial charge in [0.15, 0.2) is 5.57 Å². The van der Waals surface area contributed by atoms with Gasteiger partial charge in [-0.15, -0.1) is 0 Å². The highest BCUT2D eigenvalue weighted by molar-refractivity contribution is 5.93. The topological polar surface area (TPSA) is 90.1 Å². The Bertz CT molecular complexity index is 642. The number of hydrogen-bond donors (Lipinski definition) is 1. The van der Waals surface area contributed by atoms with Crippen LogP contribution in [0.5, 0.6) is 0 Å². The molecule has 7 nitrogen and oxygen atoms in total. The predicted molar refractivity (Wildman–Crippen MR) is 88.6 cm³/mol. The molecule has 1 rings (SSSR count). The fraction of sp³-hybridized carbons (Fsp3) is 0.250. The van der Waals surface area contributed by atoms with E-state index in [1.54, 1.807) is 38.2 Å². The first-order chi connectivity index (χ1) is 11.1. The lowest BCUT2D eigenvalue weighted by molar-refractivity contribution is -0.138. The largest absolute Gasteiger partial charge is 0.462 e. The maximum atomic E-state index is 11.5. The molecule has 0 heterocycles. The predicted octanol–water partition coefficient (Wildman–Crippen LogP) is 1.50. The number of nitrogens with zero attached hydrogens (tertiary/aromatic N) is 4. The first-order valence-corrected chi connectivity index (χ1v) is 6.95. The average molecular weight is 313 g/mol. The third kappa shape index (κ3) is 6.44. The Morgan fingerprint density at radius 3 is 2.65 bits per heavy atom. The van der Waals surface area contributed by atoms with E-state index in [0.29, 0.717) is 5.96 Å². The van der Waals surface area contributed by atoms with Crippen LogP contribution in [0.1, 0.15) is 12.5 Å². The van der Waals surface area contributed by atoms with Gasteiger partial charge in [0, 0.05) is 14.1 Å². The van der Waals surface area contributed by atoms with Crippen LogP contribution in [0.25, 0.3) is 0 Å². The summed E-state index contributed by atoms with van der Waals surface area (Å²) in [6.07, 6.45) is 2.79. The molecule has 0 fully saturated rings. The SMILES string of the molecule is CCOC(=O)/C(C#N)=C/N=C(N/N=C/c1ccccc1)N(C)C. The fourth-order valence-corrected chi connectivity index (χ4v) is 1.41. The van der Waals surface area contributed by atoms with E-state index in [4.69, 9.17) is 10.00 Å². The summed E-state index contributed by atoms with van der Waals surface area (Å²) in [5, 5.41) is 13.0. The molecule has 0 saturated heterocycles. The van der Waals surface area contributed by atoms with Gasteiger partial charge in [0.05, 0.1) is 19.0 Å². The van der Waals surface area contributed by atoms with Gasteiger partial charge in [0.25, 0.3) is 0 Å². The van der Waals surface area contributed by atoms with Gasteiger partial charge in [0.1, 0.15) is 6.07 Å². The van der Waals surface area contributed by atoms with Gasteiger partial charge in [-0.25, -0.2) is 15.2 Å². The first-order valence-electron chi connectivity index (χ1n) is 6.95. The van der Waals surface area contributed by atoms with Gasteiger partial charge in [-0.05, 0) is 12.5 Å². The summed E-state index contributed by atoms with van der Waals surface area (Å²) >= 11 is 0. The Kier molecular flexibility index (Phi) is 7.58. The quantitative estimate of drug-likeness (QED) is 0.222. The maximum Gasteiger partial charge on any atom is 0.350 e. The van der Waals surface area contributed by atoms with E-state index >= 15 is 0 Å². The van der Waals surface area contributed by atoms with E-state index < -0.39 is 5.97 Å². The molecule has 0 aromatic heterocycles. The van der Waals surface area contributed by atoms with Crippen molar-refractivity contribution in [2.75, 3.05) is 20.7 Å². The van der Waals surface area contributed by atoms with Crippen molar-refractivity contribution in [1.82, 2.24) is 10.3 Å². The third-order valence-electron chi connectivity index (χ3n) is 2.53. The number of carbonyl (C=O) groups excluding carboxylic acids is 1. The number of ether oxygens (including phenoxy) is 1. The van der Waals surface area contributed by atoms with Gasteiger partial charge >= 0.3 is 5.97 Å². The zero-order valence-electron chi connectivity index (χ0n) is 13.4. The van der Waals surface area contributed by atoms with Crippen LogP contribution in [0.2, 0.25) is 0 Å². The molecule has 0 bridgehead atoms. The maximum absolute atomic E-state index is 11.5. The van der Waals surface area contributed by atoms with Gasteiger partial charge in [-0.1, -0.05) is 30.3 Å². The Labute approximate surface area is 135 Å². The minimum absolute atomic E-state index is 0.181. The van der Waals surface area contributed by atoms with Crippen LogP contribution in [0.4, 0.5) is 0 Å². The minimum Gasteiger partial charge on any atom is -0.462 e. The second kappa shape index (κ2) is 9.73. The zero-order valence-corrected chi connectivity index (χ0v) is 13.4. The van der Waals surface area contributed by atoms with Crippen LogP contribution in [0, 0.1) is 11.3 Å². The molecule has 0 saturated carbocycles. The number of benzene rings is 1. The molecule has 0 aliphatic heterocycles. The average Bonchev–Trinajstić information content (AvgIpc) is 2.54. The molecule has 120 valence electrons. The van der Waals surface area contributed by atoms with Crippen LogP contribution >= 0.6 is 0 Å². The number of aliphatic imine (C=N–C) groups is 1. The van der Waals surface area contributed by atoms with Crippen LogP contribution in [-0.4, -0.2) is 43.7 Å². The summed E-state index contributed by atoms with van der Waals surface area (Å²) in [4.78, 5) is 17.2. The Morgan fingerprint density at radius 1 is 1.39 bits per heavy atom. The number of hydrogen-bond acceptors (Lipinski definition) is 5. The van der Waals surface area contributed by atoms with Crippen molar-refractivity contribution < 1.29 is 9.53 Å². The molecule has 0 radical (unpaired) electrons. The molecule has 0 unspecified atom stereocenters. The molecule has 7 heteroatoms. The van der Waals surface area contributed by atoms with E-state index in [2.05, 4.69) is 15.5 Å². The highest BCUT2D eigenvalue weighted by Gasteiger charge is 2.09. The Hall–Kier alpha value is -3.14. The number of esters is 1. The molecule has 0 atom stereocenters. The summed E-state index contributed by atoms with van der Waals surface area (Å²) in [6, 6.07) is 11.3. The Balaban J connectivity index is 2.83. The van der Waals surface area contributed by atoms with Gasteiger partial charge < -0.3 is 9.64 Å². The minimum atomic E-state index is -0.704. The van der Waals surface area contributed by atoms with E-state index in [1.807, 2.05) is 30.3 Å². The third-order valence-corrected chi connectivity index (χ3v) is 2.53. The summed E-state index contributed by atoms with van der Waals surface area (Å²) in [7, 11) is 3.52. The number of guanidine groups is 1. The molecule has 1 N–H and O–H groups in total. The molecular formula is C16H19N5O2. The van der Waals surface area contributed by atoms with Gasteiger partial charge in [-0.3, -0.25) is 0 Å². The molecule has 0 aliphatic rings. The van der Waals surface area contributed by atoms with Crippen molar-refractivity contribution in [1.29, 1.82) is 5.26 Å². The van der Waals surface area contributed by atoms with Gasteiger partial charge in [0.2, 0.25) is 5.96 Å². The summed E-state index contributed by atoms with van der Waals surface area (Å²) in [5.41, 5.74) is 3.51. The molecule has 23 heavy (non-hydrogen) atoms. The summed E-state index contributed by atoms with van der Waals surface area (Å²) in [5.74, 6) is -0.334. The number of nitriles is 1. The van der Waals surface area contributed by atoms with Crippen LogP contribution in [0.3, 0.4) is 0 Å². The monoisotopic (exact) mass is 313 g/mol. The first kappa shape index (κ1) is 17.9. The zero-order chi connectivity index (χ0) is 17.1. The molecule has 0 spiro atoms. The summed E-state index contributed by atoms with van der Waals surface area (Å²) < 4.78 is 4.76. The lowest BCUT2D eigenvalue weighted by Crippen LogP contribution is -2.33. The number of hydrazone groups is 1. The van der Waals surface area contributed by atoms with Crippen molar-refractivity contribution >= 4 is 18.1 Å². The highest BCUT2D eigenvalue weighted by Crippen LogP contribution is 1.98. The molecule has 0 amide bonds. The Morgan fingerprint density at radius 2 is 2.09 bits per heavy atom. The molecule has 1 aromatic rings. The standard InChI is InChI=1S/C16H19N5O2/c1-4-23-15(22)14(10-17)12-18-16(21(2)3)20-19-11-13-8-6-5-7-9-13/h5-9,11-12H,4H2,1-3H3,(H,18,20)/b14-12+,19-11+. The van der Waals surface area contributed by atoms with Gasteiger partial charge in [-0.2, -0.15) is 10.4 Å². The number of rotatable bonds is 5. The number of nitrogens with one attached hydrogen (secondary N) is 1. The van der Waals surface area contributed by atoms with E-state index in [0.717, 1.165) is 11.8 Å². The normalized spacial score (nSPS) is 11.9.